The van der Waals surface area contributed by atoms with Crippen molar-refractivity contribution in [3.8, 4) is 0 Å². The van der Waals surface area contributed by atoms with Crippen molar-refractivity contribution in [2.45, 2.75) is 37.9 Å². The van der Waals surface area contributed by atoms with Gasteiger partial charge in [0, 0.05) is 25.9 Å². The van der Waals surface area contributed by atoms with Crippen molar-refractivity contribution < 1.29 is 13.2 Å². The van der Waals surface area contributed by atoms with E-state index in [-0.39, 0.29) is 17.7 Å². The molecule has 0 aliphatic carbocycles. The fourth-order valence-electron chi connectivity index (χ4n) is 1.79. The van der Waals surface area contributed by atoms with Crippen LogP contribution in [0.25, 0.3) is 0 Å². The van der Waals surface area contributed by atoms with Gasteiger partial charge in [-0.2, -0.15) is 0 Å². The van der Waals surface area contributed by atoms with Gasteiger partial charge in [-0.15, -0.1) is 0 Å². The van der Waals surface area contributed by atoms with Crippen molar-refractivity contribution in [1.82, 2.24) is 14.3 Å². The van der Waals surface area contributed by atoms with Crippen molar-refractivity contribution >= 4 is 10.0 Å². The lowest BCUT2D eigenvalue weighted by Crippen LogP contribution is -2.39. The molecule has 0 spiro atoms. The molecule has 0 aliphatic heterocycles. The first-order valence-corrected chi connectivity index (χ1v) is 7.68. The van der Waals surface area contributed by atoms with Crippen LogP contribution in [0.2, 0.25) is 0 Å². The number of hydrogen-bond acceptors (Lipinski definition) is 5. The van der Waals surface area contributed by atoms with Crippen molar-refractivity contribution in [2.75, 3.05) is 20.3 Å². The molecule has 1 aromatic heterocycles. The number of nitrogens with zero attached hydrogens (tertiary/aromatic N) is 2. The van der Waals surface area contributed by atoms with E-state index in [4.69, 9.17) is 10.5 Å². The zero-order chi connectivity index (χ0) is 14.5. The first-order chi connectivity index (χ1) is 8.94. The van der Waals surface area contributed by atoms with E-state index >= 15 is 0 Å². The summed E-state index contributed by atoms with van der Waals surface area (Å²) in [5.41, 5.74) is 5.46. The minimum atomic E-state index is -3.63. The maximum absolute atomic E-state index is 12.2. The molecule has 1 heterocycles. The molecule has 0 bridgehead atoms. The Labute approximate surface area is 114 Å². The number of methoxy groups -OCH3 is 1. The summed E-state index contributed by atoms with van der Waals surface area (Å²) in [6.45, 7) is 5.05. The molecule has 0 saturated heterocycles. The lowest BCUT2D eigenvalue weighted by molar-refractivity contribution is 0.172. The molecule has 110 valence electrons. The van der Waals surface area contributed by atoms with Gasteiger partial charge < -0.3 is 15.0 Å². The quantitative estimate of drug-likeness (QED) is 0.694. The van der Waals surface area contributed by atoms with Crippen LogP contribution in [0.3, 0.4) is 0 Å². The number of nitrogens with one attached hydrogen (secondary N) is 1. The molecule has 1 aromatic rings. The Bertz CT molecular complexity index is 492. The smallest absolute Gasteiger partial charge is 0.259 e. The van der Waals surface area contributed by atoms with Crippen LogP contribution < -0.4 is 10.5 Å². The average Bonchev–Trinajstić information content (AvgIpc) is 2.71. The number of nitrogens with two attached hydrogens (primary N) is 1. The Hall–Kier alpha value is -0.960. The van der Waals surface area contributed by atoms with E-state index in [9.17, 15) is 8.42 Å². The Kier molecular flexibility index (Phi) is 5.92. The molecule has 19 heavy (non-hydrogen) atoms. The van der Waals surface area contributed by atoms with Gasteiger partial charge in [0.2, 0.25) is 0 Å². The number of hydrogen-bond donors (Lipinski definition) is 2. The van der Waals surface area contributed by atoms with Crippen LogP contribution in [-0.2, 0) is 21.3 Å². The van der Waals surface area contributed by atoms with Gasteiger partial charge in [0.1, 0.15) is 5.82 Å². The summed E-state index contributed by atoms with van der Waals surface area (Å²) in [7, 11) is -2.11. The maximum atomic E-state index is 12.2. The second kappa shape index (κ2) is 6.99. The van der Waals surface area contributed by atoms with Gasteiger partial charge in [-0.05, 0) is 26.8 Å². The Morgan fingerprint density at radius 1 is 1.58 bits per heavy atom. The fourth-order valence-corrected chi connectivity index (χ4v) is 3.05. The van der Waals surface area contributed by atoms with E-state index in [0.717, 1.165) is 0 Å². The summed E-state index contributed by atoms with van der Waals surface area (Å²) in [6, 6.07) is -0.341. The third kappa shape index (κ3) is 4.27. The summed E-state index contributed by atoms with van der Waals surface area (Å²) in [4.78, 5) is 4.07. The highest BCUT2D eigenvalue weighted by Gasteiger charge is 2.22. The minimum Gasteiger partial charge on any atom is -0.383 e. The number of imidazole rings is 1. The van der Waals surface area contributed by atoms with Crippen LogP contribution in [0.5, 0.6) is 0 Å². The first-order valence-electron chi connectivity index (χ1n) is 6.19. The van der Waals surface area contributed by atoms with Gasteiger partial charge in [0.05, 0.1) is 6.61 Å². The van der Waals surface area contributed by atoms with E-state index in [1.807, 2.05) is 6.92 Å². The van der Waals surface area contributed by atoms with Crippen LogP contribution >= 0.6 is 0 Å². The van der Waals surface area contributed by atoms with Crippen LogP contribution in [0, 0.1) is 6.92 Å². The monoisotopic (exact) mass is 290 g/mol. The fraction of sp³-hybridized carbons (Fsp3) is 0.727. The molecule has 0 aromatic carbocycles. The highest BCUT2D eigenvalue weighted by atomic mass is 32.2. The topological polar surface area (TPSA) is 99.2 Å². The van der Waals surface area contributed by atoms with Crippen molar-refractivity contribution in [2.24, 2.45) is 5.73 Å². The third-order valence-electron chi connectivity index (χ3n) is 2.77. The molecule has 1 atom stereocenters. The number of sulfonamides is 1. The van der Waals surface area contributed by atoms with Crippen molar-refractivity contribution in [1.29, 1.82) is 0 Å². The maximum Gasteiger partial charge on any atom is 0.259 e. The molecule has 7 nitrogen and oxygen atoms in total. The molecule has 0 amide bonds. The minimum absolute atomic E-state index is 0.0324. The van der Waals surface area contributed by atoms with Gasteiger partial charge in [-0.25, -0.2) is 18.1 Å². The molecule has 0 aliphatic rings. The van der Waals surface area contributed by atoms with Crippen molar-refractivity contribution in [3.63, 3.8) is 0 Å². The molecule has 1 rings (SSSR count). The zero-order valence-corrected chi connectivity index (χ0v) is 12.4. The predicted octanol–water partition coefficient (Wildman–Crippen LogP) is -0.146. The van der Waals surface area contributed by atoms with Gasteiger partial charge >= 0.3 is 0 Å². The zero-order valence-electron chi connectivity index (χ0n) is 11.6. The van der Waals surface area contributed by atoms with Gasteiger partial charge in [-0.1, -0.05) is 0 Å². The molecule has 8 heteroatoms. The van der Waals surface area contributed by atoms with Crippen LogP contribution in [0.1, 0.15) is 19.2 Å². The molecular formula is C11H22N4O3S. The Morgan fingerprint density at radius 3 is 2.74 bits per heavy atom. The first kappa shape index (κ1) is 16.1. The molecule has 0 saturated carbocycles. The van der Waals surface area contributed by atoms with Crippen LogP contribution in [0.4, 0.5) is 0 Å². The normalized spacial score (nSPS) is 13.7. The number of aromatic nitrogens is 2. The number of rotatable bonds is 8. The van der Waals surface area contributed by atoms with E-state index in [1.54, 1.807) is 11.5 Å². The molecular weight excluding hydrogens is 268 g/mol. The second-order valence-corrected chi connectivity index (χ2v) is 5.92. The Balaban J connectivity index is 2.89. The summed E-state index contributed by atoms with van der Waals surface area (Å²) in [5.74, 6) is 0.671. The summed E-state index contributed by atoms with van der Waals surface area (Å²) >= 11 is 0. The SMILES string of the molecule is CCn1cc(S(=O)(=O)NC(CCN)COC)nc1C. The average molecular weight is 290 g/mol. The van der Waals surface area contributed by atoms with Crippen LogP contribution in [-0.4, -0.2) is 44.3 Å². The number of aryl methyl sites for hydroxylation is 2. The highest BCUT2D eigenvalue weighted by molar-refractivity contribution is 7.89. The van der Waals surface area contributed by atoms with Crippen molar-refractivity contribution in [3.05, 3.63) is 12.0 Å². The van der Waals surface area contributed by atoms with Gasteiger partial charge in [0.15, 0.2) is 5.03 Å². The van der Waals surface area contributed by atoms with E-state index < -0.39 is 10.0 Å². The summed E-state index contributed by atoms with van der Waals surface area (Å²) in [5, 5.41) is 0.0324. The van der Waals surface area contributed by atoms with Gasteiger partial charge in [-0.3, -0.25) is 0 Å². The van der Waals surface area contributed by atoms with E-state index in [1.165, 1.54) is 13.3 Å². The van der Waals surface area contributed by atoms with E-state index in [0.29, 0.717) is 25.3 Å². The largest absolute Gasteiger partial charge is 0.383 e. The van der Waals surface area contributed by atoms with E-state index in [2.05, 4.69) is 9.71 Å². The second-order valence-electron chi connectivity index (χ2n) is 4.26. The summed E-state index contributed by atoms with van der Waals surface area (Å²) < 4.78 is 33.7. The predicted molar refractivity (Wildman–Crippen MR) is 72.3 cm³/mol. The molecule has 1 unspecified atom stereocenters. The Morgan fingerprint density at radius 2 is 2.26 bits per heavy atom. The highest BCUT2D eigenvalue weighted by Crippen LogP contribution is 2.10. The molecule has 0 radical (unpaired) electrons. The standard InChI is InChI=1S/C11H22N4O3S/c1-4-15-7-11(13-9(15)2)19(16,17)14-10(5-6-12)8-18-3/h7,10,14H,4-6,8,12H2,1-3H3. The molecule has 0 fully saturated rings. The summed E-state index contributed by atoms with van der Waals surface area (Å²) in [6.07, 6.45) is 2.05. The number of ether oxygens (including phenoxy) is 1. The third-order valence-corrected chi connectivity index (χ3v) is 4.17. The van der Waals surface area contributed by atoms with Gasteiger partial charge in [0.25, 0.3) is 10.0 Å². The lowest BCUT2D eigenvalue weighted by atomic mass is 10.2. The van der Waals surface area contributed by atoms with Crippen LogP contribution in [0.15, 0.2) is 11.2 Å². The lowest BCUT2D eigenvalue weighted by Gasteiger charge is -2.16. The molecule has 3 N–H and O–H groups in total.